The third-order valence-corrected chi connectivity index (χ3v) is 4.54. The van der Waals surface area contributed by atoms with E-state index in [4.69, 9.17) is 12.2 Å². The Labute approximate surface area is 131 Å². The van der Waals surface area contributed by atoms with Crippen LogP contribution in [-0.2, 0) is 9.59 Å². The van der Waals surface area contributed by atoms with Gasteiger partial charge in [0.25, 0.3) is 0 Å². The van der Waals surface area contributed by atoms with Gasteiger partial charge in [-0.1, -0.05) is 54.3 Å². The van der Waals surface area contributed by atoms with Gasteiger partial charge in [0, 0.05) is 12.1 Å². The minimum absolute atomic E-state index is 0.115. The summed E-state index contributed by atoms with van der Waals surface area (Å²) in [5, 5.41) is 7.10. The van der Waals surface area contributed by atoms with Crippen molar-refractivity contribution in [3.63, 3.8) is 0 Å². The minimum Gasteiger partial charge on any atom is -0.326 e. The van der Waals surface area contributed by atoms with E-state index in [0.29, 0.717) is 4.32 Å². The van der Waals surface area contributed by atoms with Crippen LogP contribution in [-0.4, -0.2) is 21.4 Å². The summed E-state index contributed by atoms with van der Waals surface area (Å²) in [6.45, 7) is 0. The molecule has 6 heteroatoms. The molecule has 1 aliphatic heterocycles. The highest BCUT2D eigenvalue weighted by Crippen LogP contribution is 2.23. The second-order valence-electron chi connectivity index (χ2n) is 4.70. The van der Waals surface area contributed by atoms with Gasteiger partial charge in [-0.15, -0.1) is 0 Å². The van der Waals surface area contributed by atoms with E-state index in [1.807, 2.05) is 42.5 Å². The fourth-order valence-electron chi connectivity index (χ4n) is 2.18. The van der Waals surface area contributed by atoms with Crippen LogP contribution in [0.2, 0.25) is 0 Å². The largest absolute Gasteiger partial charge is 0.326 e. The number of benzene rings is 2. The van der Waals surface area contributed by atoms with Crippen LogP contribution in [0.25, 0.3) is 10.8 Å². The zero-order valence-corrected chi connectivity index (χ0v) is 12.6. The molecule has 0 aliphatic carbocycles. The average Bonchev–Trinajstić information content (AvgIpc) is 2.76. The first-order chi connectivity index (χ1) is 10.1. The standard InChI is InChI=1S/C15H12N2O2S2/c18-13(8-12-14(19)17-15(20)21-12)16-11-6-5-9-3-1-2-4-10(9)7-11/h1-7,12H,8H2,(H,16,18)(H,17,19,20)/t12-/m0/s1. The van der Waals surface area contributed by atoms with E-state index >= 15 is 0 Å². The van der Waals surface area contributed by atoms with Gasteiger partial charge in [-0.2, -0.15) is 0 Å². The number of thioether (sulfide) groups is 1. The van der Waals surface area contributed by atoms with Crippen LogP contribution in [0.3, 0.4) is 0 Å². The van der Waals surface area contributed by atoms with Gasteiger partial charge >= 0.3 is 0 Å². The molecule has 0 aromatic heterocycles. The summed E-state index contributed by atoms with van der Waals surface area (Å²) in [4.78, 5) is 23.6. The monoisotopic (exact) mass is 316 g/mol. The molecule has 0 saturated carbocycles. The number of anilines is 1. The fraction of sp³-hybridized carbons (Fsp3) is 0.133. The molecule has 0 bridgehead atoms. The van der Waals surface area contributed by atoms with E-state index < -0.39 is 5.25 Å². The van der Waals surface area contributed by atoms with Gasteiger partial charge < -0.3 is 10.6 Å². The molecule has 1 saturated heterocycles. The molecule has 2 aromatic carbocycles. The van der Waals surface area contributed by atoms with Gasteiger partial charge in [0.05, 0.1) is 5.25 Å². The third kappa shape index (κ3) is 3.22. The highest BCUT2D eigenvalue weighted by molar-refractivity contribution is 8.24. The normalized spacial score (nSPS) is 17.8. The lowest BCUT2D eigenvalue weighted by atomic mass is 10.1. The maximum absolute atomic E-state index is 12.0. The average molecular weight is 316 g/mol. The van der Waals surface area contributed by atoms with Crippen LogP contribution in [0.15, 0.2) is 42.5 Å². The summed E-state index contributed by atoms with van der Waals surface area (Å²) in [7, 11) is 0. The summed E-state index contributed by atoms with van der Waals surface area (Å²) < 4.78 is 0.434. The van der Waals surface area contributed by atoms with Crippen LogP contribution < -0.4 is 10.6 Å². The van der Waals surface area contributed by atoms with Gasteiger partial charge in [-0.05, 0) is 22.9 Å². The van der Waals surface area contributed by atoms with Crippen molar-refractivity contribution in [3.8, 4) is 0 Å². The van der Waals surface area contributed by atoms with Gasteiger partial charge in [0.1, 0.15) is 4.32 Å². The molecule has 2 aromatic rings. The number of amides is 2. The zero-order chi connectivity index (χ0) is 14.8. The molecule has 1 aliphatic rings. The molecule has 0 spiro atoms. The lowest BCUT2D eigenvalue weighted by Gasteiger charge is -2.08. The summed E-state index contributed by atoms with van der Waals surface area (Å²) in [5.74, 6) is -0.388. The van der Waals surface area contributed by atoms with Gasteiger partial charge in [0.2, 0.25) is 11.8 Å². The van der Waals surface area contributed by atoms with Crippen molar-refractivity contribution in [1.29, 1.82) is 0 Å². The molecular weight excluding hydrogens is 304 g/mol. The lowest BCUT2D eigenvalue weighted by molar-refractivity contribution is -0.122. The maximum Gasteiger partial charge on any atom is 0.239 e. The molecule has 2 N–H and O–H groups in total. The van der Waals surface area contributed by atoms with Crippen LogP contribution in [0.4, 0.5) is 5.69 Å². The number of carbonyl (C=O) groups is 2. The Kier molecular flexibility index (Phi) is 3.90. The second kappa shape index (κ2) is 5.83. The summed E-state index contributed by atoms with van der Waals surface area (Å²) >= 11 is 6.13. The molecule has 2 amide bonds. The van der Waals surface area contributed by atoms with Gasteiger partial charge in [0.15, 0.2) is 0 Å². The van der Waals surface area contributed by atoms with E-state index in [2.05, 4.69) is 10.6 Å². The summed E-state index contributed by atoms with van der Waals surface area (Å²) in [5.41, 5.74) is 0.727. The Morgan fingerprint density at radius 2 is 2.00 bits per heavy atom. The summed E-state index contributed by atoms with van der Waals surface area (Å²) in [6, 6.07) is 13.7. The number of hydrogen-bond donors (Lipinski definition) is 2. The fourth-order valence-corrected chi connectivity index (χ4v) is 3.44. The maximum atomic E-state index is 12.0. The van der Waals surface area contributed by atoms with Crippen LogP contribution >= 0.6 is 24.0 Å². The van der Waals surface area contributed by atoms with Crippen molar-refractivity contribution >= 4 is 56.6 Å². The molecule has 0 unspecified atom stereocenters. The molecule has 3 rings (SSSR count). The number of rotatable bonds is 3. The van der Waals surface area contributed by atoms with E-state index in [-0.39, 0.29) is 18.2 Å². The van der Waals surface area contributed by atoms with Crippen LogP contribution in [0.5, 0.6) is 0 Å². The Morgan fingerprint density at radius 3 is 2.71 bits per heavy atom. The zero-order valence-electron chi connectivity index (χ0n) is 11.0. The minimum atomic E-state index is -0.432. The Hall–Kier alpha value is -1.92. The van der Waals surface area contributed by atoms with Crippen LogP contribution in [0.1, 0.15) is 6.42 Å². The molecule has 4 nitrogen and oxygen atoms in total. The number of carbonyl (C=O) groups excluding carboxylic acids is 2. The highest BCUT2D eigenvalue weighted by atomic mass is 32.2. The molecule has 1 heterocycles. The van der Waals surface area contributed by atoms with Crippen molar-refractivity contribution in [3.05, 3.63) is 42.5 Å². The molecular formula is C15H12N2O2S2. The molecule has 0 radical (unpaired) electrons. The Balaban J connectivity index is 1.68. The molecule has 106 valence electrons. The quantitative estimate of drug-likeness (QED) is 0.855. The predicted octanol–water partition coefficient (Wildman–Crippen LogP) is 2.68. The lowest BCUT2D eigenvalue weighted by Crippen LogP contribution is -2.27. The topological polar surface area (TPSA) is 58.2 Å². The third-order valence-electron chi connectivity index (χ3n) is 3.17. The first kappa shape index (κ1) is 14.0. The second-order valence-corrected chi connectivity index (χ2v) is 6.58. The van der Waals surface area contributed by atoms with Crippen molar-refractivity contribution in [2.24, 2.45) is 0 Å². The first-order valence-corrected chi connectivity index (χ1v) is 7.71. The van der Waals surface area contributed by atoms with Crippen molar-refractivity contribution in [1.82, 2.24) is 5.32 Å². The highest BCUT2D eigenvalue weighted by Gasteiger charge is 2.30. The number of hydrogen-bond acceptors (Lipinski definition) is 4. The number of nitrogens with one attached hydrogen (secondary N) is 2. The Morgan fingerprint density at radius 1 is 1.24 bits per heavy atom. The Bertz CT molecular complexity index is 745. The smallest absolute Gasteiger partial charge is 0.239 e. The van der Waals surface area contributed by atoms with E-state index in [1.54, 1.807) is 0 Å². The van der Waals surface area contributed by atoms with Crippen molar-refractivity contribution < 1.29 is 9.59 Å². The molecule has 1 fully saturated rings. The van der Waals surface area contributed by atoms with Crippen LogP contribution in [0, 0.1) is 0 Å². The van der Waals surface area contributed by atoms with E-state index in [1.165, 1.54) is 11.8 Å². The summed E-state index contributed by atoms with van der Waals surface area (Å²) in [6.07, 6.45) is 0.115. The van der Waals surface area contributed by atoms with E-state index in [0.717, 1.165) is 16.5 Å². The van der Waals surface area contributed by atoms with Gasteiger partial charge in [-0.3, -0.25) is 9.59 Å². The predicted molar refractivity (Wildman–Crippen MR) is 89.3 cm³/mol. The first-order valence-electron chi connectivity index (χ1n) is 6.42. The number of fused-ring (bicyclic) bond motifs is 1. The SMILES string of the molecule is O=C(C[C@@H]1SC(=S)NC1=O)Nc1ccc2ccccc2c1. The molecule has 1 atom stereocenters. The number of thiocarbonyl (C=S) groups is 1. The van der Waals surface area contributed by atoms with Crippen molar-refractivity contribution in [2.45, 2.75) is 11.7 Å². The van der Waals surface area contributed by atoms with Gasteiger partial charge in [-0.25, -0.2) is 0 Å². The van der Waals surface area contributed by atoms with E-state index in [9.17, 15) is 9.59 Å². The molecule has 21 heavy (non-hydrogen) atoms. The van der Waals surface area contributed by atoms with Crippen molar-refractivity contribution in [2.75, 3.05) is 5.32 Å².